The van der Waals surface area contributed by atoms with Crippen LogP contribution < -0.4 is 9.05 Å². The molecular weight excluding hydrogens is 592 g/mol. The third kappa shape index (κ3) is 10.5. The summed E-state index contributed by atoms with van der Waals surface area (Å²) in [6, 6.07) is 9.28. The van der Waals surface area contributed by atoms with Crippen molar-refractivity contribution in [1.29, 1.82) is 0 Å². The minimum absolute atomic E-state index is 0. The van der Waals surface area contributed by atoms with Crippen LogP contribution in [0.2, 0.25) is 0 Å². The van der Waals surface area contributed by atoms with Gasteiger partial charge in [-0.2, -0.15) is 4.98 Å². The molecule has 1 aromatic carbocycles. The number of nitrogens with zero attached hydrogens (tertiary/aromatic N) is 5. The Labute approximate surface area is 247 Å². The lowest BCUT2D eigenvalue weighted by atomic mass is 9.96. The van der Waals surface area contributed by atoms with Gasteiger partial charge in [0.05, 0.1) is 24.2 Å². The zero-order chi connectivity index (χ0) is 29.8. The molecule has 0 N–H and O–H groups in total. The van der Waals surface area contributed by atoms with Gasteiger partial charge in [-0.1, -0.05) is 58.2 Å². The van der Waals surface area contributed by atoms with Gasteiger partial charge in [0, 0.05) is 31.9 Å². The van der Waals surface area contributed by atoms with Crippen LogP contribution in [0.5, 0.6) is 11.8 Å². The Morgan fingerprint density at radius 1 is 0.875 bits per heavy atom. The van der Waals surface area contributed by atoms with Crippen LogP contribution in [0, 0.1) is 37.6 Å². The summed E-state index contributed by atoms with van der Waals surface area (Å²) in [4.78, 5) is 12.4. The average Bonchev–Trinajstić information content (AvgIpc) is 3.32. The smallest absolute Gasteiger partial charge is 0.412 e. The molecule has 0 saturated carbocycles. The Morgan fingerprint density at radius 2 is 1.43 bits per heavy atom. The van der Waals surface area contributed by atoms with Crippen molar-refractivity contribution >= 4 is 37.1 Å². The molecule has 0 radical (unpaired) electrons. The summed E-state index contributed by atoms with van der Waals surface area (Å²) in [6.07, 6.45) is 25.3. The number of para-hydroxylation sites is 1. The Bertz CT molecular complexity index is 1460. The predicted molar refractivity (Wildman–Crippen MR) is 162 cm³/mol. The Balaban J connectivity index is 0.000000764. The van der Waals surface area contributed by atoms with Crippen molar-refractivity contribution in [3.63, 3.8) is 0 Å². The fourth-order valence-corrected chi connectivity index (χ4v) is 5.68. The van der Waals surface area contributed by atoms with E-state index in [1.165, 1.54) is 23.4 Å². The fraction of sp³-hybridized carbons (Fsp3) is 0.280. The second kappa shape index (κ2) is 14.7. The maximum absolute atomic E-state index is 5.53. The fourth-order valence-electron chi connectivity index (χ4n) is 2.54. The van der Waals surface area contributed by atoms with Crippen molar-refractivity contribution in [2.24, 2.45) is 0 Å². The lowest BCUT2D eigenvalue weighted by Gasteiger charge is -2.21. The summed E-state index contributed by atoms with van der Waals surface area (Å²) in [6.45, 7) is 3.39. The minimum Gasteiger partial charge on any atom is -0.412 e. The second-order valence-electron chi connectivity index (χ2n) is 8.66. The van der Waals surface area contributed by atoms with Gasteiger partial charge in [0.2, 0.25) is 0 Å². The first-order valence-electron chi connectivity index (χ1n) is 11.3. The van der Waals surface area contributed by atoms with Crippen LogP contribution in [0.1, 0.15) is 43.3 Å². The Morgan fingerprint density at radius 3 is 1.93 bits per heavy atom. The molecule has 3 aromatic rings. The number of rotatable bonds is 10. The summed E-state index contributed by atoms with van der Waals surface area (Å²) in [5.74, 6) is 1.08. The molecule has 15 heteroatoms. The van der Waals surface area contributed by atoms with Gasteiger partial charge < -0.3 is 22.6 Å². The minimum atomic E-state index is -3.30. The maximum atomic E-state index is 5.53. The number of benzene rings is 1. The maximum Gasteiger partial charge on any atom is 0.509 e. The lowest BCUT2D eigenvalue weighted by molar-refractivity contribution is 0.200. The summed E-state index contributed by atoms with van der Waals surface area (Å²) in [5, 5.41) is 4.08. The zero-order valence-corrected chi connectivity index (χ0v) is 25.7. The monoisotopic (exact) mass is 623 g/mol. The van der Waals surface area contributed by atoms with Gasteiger partial charge in [0.1, 0.15) is 30.5 Å². The van der Waals surface area contributed by atoms with Crippen LogP contribution in [0.25, 0.3) is 5.69 Å². The Kier molecular flexibility index (Phi) is 12.0. The van der Waals surface area contributed by atoms with Gasteiger partial charge in [-0.05, 0) is 26.0 Å². The highest BCUT2D eigenvalue weighted by molar-refractivity contribution is 8.08. The number of terminal acetylenes is 3. The first kappa shape index (κ1) is 32.6. The molecule has 0 bridgehead atoms. The summed E-state index contributed by atoms with van der Waals surface area (Å²) < 4.78 is 32.3. The van der Waals surface area contributed by atoms with E-state index in [1.807, 2.05) is 83.3 Å². The van der Waals surface area contributed by atoms with Crippen molar-refractivity contribution in [3.8, 4) is 55.0 Å². The van der Waals surface area contributed by atoms with Crippen molar-refractivity contribution in [3.05, 3.63) is 54.9 Å². The first-order chi connectivity index (χ1) is 18.8. The molecular formula is C25H31N5O6P2S2. The number of hydrogen-bond acceptors (Lipinski definition) is 12. The molecule has 0 amide bonds. The van der Waals surface area contributed by atoms with E-state index in [0.717, 1.165) is 5.69 Å². The molecule has 40 heavy (non-hydrogen) atoms. The molecule has 0 aliphatic rings. The van der Waals surface area contributed by atoms with Crippen molar-refractivity contribution < 1.29 is 30.0 Å². The predicted octanol–water partition coefficient (Wildman–Crippen LogP) is 5.99. The highest BCUT2D eigenvalue weighted by Crippen LogP contribution is 2.50. The number of aromatic nitrogens is 5. The number of hydrogen-bond donors (Lipinski definition) is 0. The summed E-state index contributed by atoms with van der Waals surface area (Å²) >= 11 is 10.2. The van der Waals surface area contributed by atoms with E-state index in [1.54, 1.807) is 0 Å². The van der Waals surface area contributed by atoms with E-state index in [2.05, 4.69) is 20.1 Å². The summed E-state index contributed by atoms with van der Waals surface area (Å²) in [7, 11) is 0. The van der Waals surface area contributed by atoms with Crippen LogP contribution in [-0.4, -0.2) is 30.8 Å². The van der Waals surface area contributed by atoms with Gasteiger partial charge >= 0.3 is 19.4 Å². The van der Waals surface area contributed by atoms with Gasteiger partial charge in [0.25, 0.3) is 0 Å². The largest absolute Gasteiger partial charge is 0.509 e. The van der Waals surface area contributed by atoms with E-state index in [-0.39, 0.29) is 20.4 Å². The van der Waals surface area contributed by atoms with E-state index in [0.29, 0.717) is 11.6 Å². The Hall–Kier alpha value is -3.62. The standard InChI is InChI=1S/C13H19N2O3PS.C12H8N3O3PS.2H2/c1-7-16-19(20,17-10(2)3)18-11-8-14-12(15-9-11)13(4,5)6;1-3-16-19(20,17-4-2)18-12-13-10-15(14-12)11-8-6-5-7-9-11;;/h1,8-10H,2-6H3;1-2,5-10H;2*1H. The molecule has 0 aliphatic carbocycles. The van der Waals surface area contributed by atoms with Crippen molar-refractivity contribution in [2.45, 2.75) is 46.1 Å². The highest BCUT2D eigenvalue weighted by Gasteiger charge is 2.27. The highest BCUT2D eigenvalue weighted by atomic mass is 32.5. The molecule has 1 unspecified atom stereocenters. The van der Waals surface area contributed by atoms with E-state index in [4.69, 9.17) is 70.0 Å². The molecule has 214 valence electrons. The molecule has 3 rings (SSSR count). The van der Waals surface area contributed by atoms with Gasteiger partial charge in [-0.3, -0.25) is 4.52 Å². The SMILES string of the molecule is C#COP(=S)(OC#C)Oc1ncn(-c2ccccc2)n1.C#COP(=S)(Oc1cnc(C(C)(C)C)nc1)OC(C)C.[HH].[HH]. The van der Waals surface area contributed by atoms with E-state index >= 15 is 0 Å². The molecule has 2 heterocycles. The summed E-state index contributed by atoms with van der Waals surface area (Å²) in [5.41, 5.74) is 0.668. The zero-order valence-electron chi connectivity index (χ0n) is 22.3. The van der Waals surface area contributed by atoms with Crippen LogP contribution in [-0.2, 0) is 47.1 Å². The van der Waals surface area contributed by atoms with Gasteiger partial charge in [-0.15, -0.1) is 5.10 Å². The van der Waals surface area contributed by atoms with Gasteiger partial charge in [0.15, 0.2) is 5.75 Å². The van der Waals surface area contributed by atoms with Crippen LogP contribution in [0.3, 0.4) is 0 Å². The van der Waals surface area contributed by atoms with E-state index < -0.39 is 13.4 Å². The van der Waals surface area contributed by atoms with Crippen LogP contribution in [0.4, 0.5) is 0 Å². The molecule has 2 aromatic heterocycles. The average molecular weight is 624 g/mol. The van der Waals surface area contributed by atoms with Crippen LogP contribution in [0.15, 0.2) is 49.1 Å². The molecule has 1 atom stereocenters. The quantitative estimate of drug-likeness (QED) is 0.195. The molecule has 0 fully saturated rings. The molecule has 0 saturated heterocycles. The lowest BCUT2D eigenvalue weighted by Crippen LogP contribution is -2.15. The first-order valence-corrected chi connectivity index (χ1v) is 16.4. The van der Waals surface area contributed by atoms with Crippen molar-refractivity contribution in [1.82, 2.24) is 24.7 Å². The molecule has 0 spiro atoms. The van der Waals surface area contributed by atoms with Crippen molar-refractivity contribution in [2.75, 3.05) is 0 Å². The second-order valence-corrected chi connectivity index (χ2v) is 14.3. The van der Waals surface area contributed by atoms with Gasteiger partial charge in [-0.25, -0.2) is 14.6 Å². The normalized spacial score (nSPS) is 12.3. The van der Waals surface area contributed by atoms with Crippen LogP contribution >= 0.6 is 13.4 Å². The topological polar surface area (TPSA) is 112 Å². The molecule has 11 nitrogen and oxygen atoms in total. The molecule has 0 aliphatic heterocycles. The third-order valence-electron chi connectivity index (χ3n) is 4.03. The van der Waals surface area contributed by atoms with E-state index in [9.17, 15) is 0 Å². The third-order valence-corrected chi connectivity index (χ3v) is 7.90.